The van der Waals surface area contributed by atoms with Crippen molar-refractivity contribution in [3.05, 3.63) is 134 Å². The first-order chi connectivity index (χ1) is 43.5. The number of hydrogen-bond donors (Lipinski definition) is 2. The highest BCUT2D eigenvalue weighted by Crippen LogP contribution is 2.38. The quantitative estimate of drug-likeness (QED) is 0.0272. The zero-order valence-electron chi connectivity index (χ0n) is 58.6. The molecule has 8 nitrogen and oxygen atoms in total. The van der Waals surface area contributed by atoms with Crippen molar-refractivity contribution in [3.8, 4) is 0 Å². The Labute approximate surface area is 551 Å². The van der Waals surface area contributed by atoms with Gasteiger partial charge in [-0.2, -0.15) is 0 Å². The van der Waals surface area contributed by atoms with Gasteiger partial charge in [0.05, 0.1) is 39.9 Å². The number of phosphoric acid groups is 1. The lowest BCUT2D eigenvalue weighted by Crippen LogP contribution is -2.45. The van der Waals surface area contributed by atoms with Gasteiger partial charge in [-0.25, -0.2) is 0 Å². The second kappa shape index (κ2) is 69.0. The number of carbonyl (C=O) groups is 1. The van der Waals surface area contributed by atoms with Gasteiger partial charge in [0.2, 0.25) is 5.91 Å². The van der Waals surface area contributed by atoms with E-state index < -0.39 is 26.6 Å². The predicted molar refractivity (Wildman–Crippen MR) is 389 cm³/mol. The van der Waals surface area contributed by atoms with E-state index in [9.17, 15) is 19.4 Å². The van der Waals surface area contributed by atoms with Crippen LogP contribution < -0.4 is 10.2 Å². The molecule has 1 amide bonds. The van der Waals surface area contributed by atoms with E-state index >= 15 is 0 Å². The normalized spacial score (nSPS) is 14.4. The van der Waals surface area contributed by atoms with Crippen molar-refractivity contribution < 1.29 is 32.9 Å². The second-order valence-corrected chi connectivity index (χ2v) is 27.3. The van der Waals surface area contributed by atoms with E-state index in [1.54, 1.807) is 6.08 Å². The first-order valence-corrected chi connectivity index (χ1v) is 38.5. The van der Waals surface area contributed by atoms with Crippen LogP contribution in [-0.2, 0) is 18.4 Å². The van der Waals surface area contributed by atoms with E-state index in [0.717, 1.165) is 116 Å². The van der Waals surface area contributed by atoms with Crippen molar-refractivity contribution in [2.75, 3.05) is 40.9 Å². The smallest absolute Gasteiger partial charge is 0.268 e. The molecule has 0 aliphatic heterocycles. The van der Waals surface area contributed by atoms with Gasteiger partial charge < -0.3 is 28.8 Å². The van der Waals surface area contributed by atoms with E-state index in [-0.39, 0.29) is 12.5 Å². The Morgan fingerprint density at radius 1 is 0.404 bits per heavy atom. The Bertz CT molecular complexity index is 1920. The van der Waals surface area contributed by atoms with Crippen molar-refractivity contribution >= 4 is 13.7 Å². The molecule has 0 aliphatic rings. The molecule has 9 heteroatoms. The van der Waals surface area contributed by atoms with Gasteiger partial charge in [0.1, 0.15) is 13.2 Å². The van der Waals surface area contributed by atoms with E-state index in [4.69, 9.17) is 9.05 Å². The molecule has 0 aromatic carbocycles. The number of unbranched alkanes of at least 4 members (excludes halogenated alkanes) is 34. The highest BCUT2D eigenvalue weighted by atomic mass is 31.2. The zero-order chi connectivity index (χ0) is 64.8. The predicted octanol–water partition coefficient (Wildman–Crippen LogP) is 23.5. The number of hydrogen-bond acceptors (Lipinski definition) is 6. The molecule has 0 saturated heterocycles. The van der Waals surface area contributed by atoms with Gasteiger partial charge >= 0.3 is 0 Å². The van der Waals surface area contributed by atoms with Crippen molar-refractivity contribution in [1.82, 2.24) is 5.32 Å². The lowest BCUT2D eigenvalue weighted by atomic mass is 10.0. The van der Waals surface area contributed by atoms with Gasteiger partial charge in [-0.05, 0) is 96.3 Å². The first-order valence-electron chi connectivity index (χ1n) is 37.0. The summed E-state index contributed by atoms with van der Waals surface area (Å²) >= 11 is 0. The van der Waals surface area contributed by atoms with Crippen LogP contribution in [0.25, 0.3) is 0 Å². The number of rotatable bonds is 67. The first kappa shape index (κ1) is 85.6. The van der Waals surface area contributed by atoms with Crippen LogP contribution in [0.4, 0.5) is 0 Å². The van der Waals surface area contributed by atoms with Crippen molar-refractivity contribution in [2.45, 2.75) is 328 Å². The van der Waals surface area contributed by atoms with Gasteiger partial charge in [-0.1, -0.05) is 347 Å². The van der Waals surface area contributed by atoms with Crippen LogP contribution >= 0.6 is 7.82 Å². The minimum atomic E-state index is -4.62. The van der Waals surface area contributed by atoms with Gasteiger partial charge in [0, 0.05) is 6.42 Å². The third-order valence-corrected chi connectivity index (χ3v) is 17.1. The molecule has 0 bridgehead atoms. The molecule has 89 heavy (non-hydrogen) atoms. The maximum Gasteiger partial charge on any atom is 0.268 e. The SMILES string of the molecule is CC/C=C\C/C=C\C/C=C\C/C=C\C/C=C\C/C=C\C/C=C\C/C=C\C/C=C\C/C=C\CCCCCCC(=O)NC(COP(=O)([O-])OCC[N+](C)(C)C)C(O)/C=C/CCCCCCCCCCCCCCCCCCCCCCCCCCCCCCCC. The molecule has 0 aromatic rings. The summed E-state index contributed by atoms with van der Waals surface area (Å²) in [5.74, 6) is -0.224. The Hall–Kier alpha value is -3.36. The van der Waals surface area contributed by atoms with Crippen molar-refractivity contribution in [2.24, 2.45) is 0 Å². The van der Waals surface area contributed by atoms with Crippen LogP contribution in [0.15, 0.2) is 134 Å². The molecule has 0 rings (SSSR count). The summed E-state index contributed by atoms with van der Waals surface area (Å²) in [6, 6.07) is -0.913. The summed E-state index contributed by atoms with van der Waals surface area (Å²) < 4.78 is 23.5. The van der Waals surface area contributed by atoms with Crippen LogP contribution in [0.2, 0.25) is 0 Å². The number of carbonyl (C=O) groups excluding carboxylic acids is 1. The number of aliphatic hydroxyl groups excluding tert-OH is 1. The van der Waals surface area contributed by atoms with E-state index in [0.29, 0.717) is 17.4 Å². The van der Waals surface area contributed by atoms with Crippen LogP contribution in [0.1, 0.15) is 316 Å². The van der Waals surface area contributed by atoms with E-state index in [1.807, 2.05) is 27.2 Å². The topological polar surface area (TPSA) is 108 Å². The maximum atomic E-state index is 13.0. The molecule has 2 N–H and O–H groups in total. The summed E-state index contributed by atoms with van der Waals surface area (Å²) in [5.41, 5.74) is 0. The summed E-state index contributed by atoms with van der Waals surface area (Å²) in [7, 11) is 1.23. The van der Waals surface area contributed by atoms with Gasteiger partial charge in [0.15, 0.2) is 0 Å². The molecule has 0 heterocycles. The average molecular weight is 1260 g/mol. The molecule has 0 aromatic heterocycles. The van der Waals surface area contributed by atoms with E-state index in [2.05, 4.69) is 141 Å². The largest absolute Gasteiger partial charge is 0.756 e. The third-order valence-electron chi connectivity index (χ3n) is 16.1. The fourth-order valence-electron chi connectivity index (χ4n) is 10.4. The molecule has 0 spiro atoms. The fourth-order valence-corrected chi connectivity index (χ4v) is 11.1. The number of amides is 1. The number of phosphoric ester groups is 1. The van der Waals surface area contributed by atoms with Crippen LogP contribution in [0.5, 0.6) is 0 Å². The summed E-state index contributed by atoms with van der Waals surface area (Å²) in [6.45, 7) is 4.54. The number of likely N-dealkylation sites (N-methyl/N-ethyl adjacent to an activating group) is 1. The number of allylic oxidation sites excluding steroid dienone is 21. The lowest BCUT2D eigenvalue weighted by Gasteiger charge is -2.29. The molecule has 0 radical (unpaired) electrons. The Kier molecular flexibility index (Phi) is 66.4. The number of nitrogens with one attached hydrogen (secondary N) is 1. The Balaban J connectivity index is 4.16. The Morgan fingerprint density at radius 3 is 1.00 bits per heavy atom. The van der Waals surface area contributed by atoms with Gasteiger partial charge in [-0.15, -0.1) is 0 Å². The zero-order valence-corrected chi connectivity index (χ0v) is 59.5. The minimum Gasteiger partial charge on any atom is -0.756 e. The van der Waals surface area contributed by atoms with Gasteiger partial charge in [-0.3, -0.25) is 9.36 Å². The standard InChI is InChI=1S/C80H141N2O6P/c1-6-8-10-12-14-16-18-20-22-24-26-28-30-32-34-36-38-40-41-42-44-46-48-50-52-54-56-58-60-62-64-66-68-70-72-74-80(84)81-78(77-88-89(85,86)87-76-75-82(3,4)5)79(83)73-71-69-67-65-63-61-59-57-55-53-51-49-47-45-43-39-37-35-33-31-29-27-25-23-21-19-17-15-13-11-9-7-2/h8,10,14,16,20,22,26,28,32,34,38,40,42,44,48,50,54,56,60,62,71,73,78-79,83H,6-7,9,11-13,15,17-19,21,23-25,27,29-31,33,35-37,39,41,43,45-47,49,51-53,55,57-59,61,63-70,72,74-77H2,1-5H3,(H-,81,84,85,86)/b10-8-,16-14-,22-20-,28-26-,34-32-,40-38-,44-42-,50-48-,56-54-,62-60-,73-71+. The molecular formula is C80H141N2O6P. The fraction of sp³-hybridized carbons (Fsp3) is 0.713. The number of nitrogens with zero attached hydrogens (tertiary/aromatic N) is 1. The highest BCUT2D eigenvalue weighted by Gasteiger charge is 2.23. The summed E-state index contributed by atoms with van der Waals surface area (Å²) in [4.78, 5) is 25.7. The average Bonchev–Trinajstić information content (AvgIpc) is 3.64. The molecule has 0 fully saturated rings. The lowest BCUT2D eigenvalue weighted by molar-refractivity contribution is -0.870. The molecule has 512 valence electrons. The second-order valence-electron chi connectivity index (χ2n) is 25.9. The summed E-state index contributed by atoms with van der Waals surface area (Å²) in [6.07, 6.45) is 104. The molecule has 0 aliphatic carbocycles. The maximum absolute atomic E-state index is 13.0. The van der Waals surface area contributed by atoms with Crippen LogP contribution in [0.3, 0.4) is 0 Å². The van der Waals surface area contributed by atoms with Crippen molar-refractivity contribution in [1.29, 1.82) is 0 Å². The highest BCUT2D eigenvalue weighted by molar-refractivity contribution is 7.45. The monoisotopic (exact) mass is 1260 g/mol. The summed E-state index contributed by atoms with van der Waals surface area (Å²) in [5, 5.41) is 14.0. The van der Waals surface area contributed by atoms with Crippen LogP contribution in [-0.4, -0.2) is 68.5 Å². The minimum absolute atomic E-state index is 0.0130. The Morgan fingerprint density at radius 2 is 0.685 bits per heavy atom. The van der Waals surface area contributed by atoms with E-state index in [1.165, 1.54) is 180 Å². The third kappa shape index (κ3) is 71.9. The number of quaternary nitrogens is 1. The number of aliphatic hydroxyl groups is 1. The van der Waals surface area contributed by atoms with Gasteiger partial charge in [0.25, 0.3) is 7.82 Å². The molecule has 3 atom stereocenters. The molecule has 0 saturated carbocycles. The van der Waals surface area contributed by atoms with Crippen molar-refractivity contribution in [3.63, 3.8) is 0 Å². The van der Waals surface area contributed by atoms with Crippen LogP contribution in [0, 0.1) is 0 Å². The molecule has 3 unspecified atom stereocenters. The molecular weight excluding hydrogens is 1120 g/mol.